The smallest absolute Gasteiger partial charge is 0.329 e. The summed E-state index contributed by atoms with van der Waals surface area (Å²) in [5.74, 6) is -0.376. The fraction of sp³-hybridized carbons (Fsp3) is 0.571. The lowest BCUT2D eigenvalue weighted by Gasteiger charge is -2.49. The maximum atomic E-state index is 12.0. The van der Waals surface area contributed by atoms with Crippen LogP contribution in [0.1, 0.15) is 19.6 Å². The maximum Gasteiger partial charge on any atom is 0.329 e. The molecule has 1 aliphatic heterocycles. The summed E-state index contributed by atoms with van der Waals surface area (Å²) in [6, 6.07) is 3.28. The van der Waals surface area contributed by atoms with Crippen LogP contribution in [0.3, 0.4) is 0 Å². The molecule has 0 bridgehead atoms. The summed E-state index contributed by atoms with van der Waals surface area (Å²) in [7, 11) is 0. The number of nitrogens with zero attached hydrogens (tertiary/aromatic N) is 1. The van der Waals surface area contributed by atoms with Gasteiger partial charge in [0.05, 0.1) is 24.5 Å². The number of carbonyl (C=O) groups is 2. The number of hydrogen-bond donors (Lipinski definition) is 2. The van der Waals surface area contributed by atoms with Crippen LogP contribution in [0, 0.1) is 0 Å². The summed E-state index contributed by atoms with van der Waals surface area (Å²) in [6.07, 6.45) is 1.56. The van der Waals surface area contributed by atoms with Gasteiger partial charge in [0.1, 0.15) is 12.4 Å². The highest BCUT2D eigenvalue weighted by Crippen LogP contribution is 2.26. The first-order chi connectivity index (χ1) is 9.89. The van der Waals surface area contributed by atoms with Gasteiger partial charge in [-0.05, 0) is 26.0 Å². The van der Waals surface area contributed by atoms with Crippen molar-refractivity contribution in [3.63, 3.8) is 0 Å². The average molecular weight is 296 g/mol. The molecule has 0 spiro atoms. The summed E-state index contributed by atoms with van der Waals surface area (Å²) >= 11 is 0. The van der Waals surface area contributed by atoms with Crippen molar-refractivity contribution in [1.82, 2.24) is 10.2 Å². The van der Waals surface area contributed by atoms with Crippen molar-refractivity contribution >= 4 is 11.9 Å². The summed E-state index contributed by atoms with van der Waals surface area (Å²) in [5.41, 5.74) is -0.492. The van der Waals surface area contributed by atoms with Crippen molar-refractivity contribution in [3.05, 3.63) is 24.2 Å². The minimum atomic E-state index is -0.987. The second-order valence-corrected chi connectivity index (χ2v) is 5.51. The molecule has 2 heterocycles. The summed E-state index contributed by atoms with van der Waals surface area (Å²) in [5, 5.41) is 11.4. The van der Waals surface area contributed by atoms with E-state index in [1.54, 1.807) is 18.4 Å². The first-order valence-corrected chi connectivity index (χ1v) is 6.79. The molecule has 1 aliphatic rings. The molecule has 2 N–H and O–H groups in total. The zero-order valence-corrected chi connectivity index (χ0v) is 12.2. The lowest BCUT2D eigenvalue weighted by atomic mass is 9.94. The van der Waals surface area contributed by atoms with Crippen molar-refractivity contribution in [1.29, 1.82) is 0 Å². The predicted molar refractivity (Wildman–Crippen MR) is 73.6 cm³/mol. The van der Waals surface area contributed by atoms with Gasteiger partial charge in [0.2, 0.25) is 5.91 Å². The lowest BCUT2D eigenvalue weighted by molar-refractivity contribution is -0.171. The van der Waals surface area contributed by atoms with Crippen molar-refractivity contribution in [2.45, 2.75) is 32.0 Å². The number of aliphatic carboxylic acids is 1. The predicted octanol–water partition coefficient (Wildman–Crippen LogP) is 0.460. The molecule has 1 atom stereocenters. The standard InChI is InChI=1S/C14H20N2O5/c1-10(13(19)15-6-11-4-3-5-20-11)16-8-14(2,9-16)21-7-12(17)18/h3-5,10H,6-9H2,1-2H3,(H,15,19)(H,17,18). The van der Waals surface area contributed by atoms with E-state index in [1.165, 1.54) is 0 Å². The number of hydrogen-bond acceptors (Lipinski definition) is 5. The number of furan rings is 1. The second-order valence-electron chi connectivity index (χ2n) is 5.51. The Morgan fingerprint density at radius 3 is 2.86 bits per heavy atom. The molecule has 1 unspecified atom stereocenters. The minimum Gasteiger partial charge on any atom is -0.480 e. The summed E-state index contributed by atoms with van der Waals surface area (Å²) in [6.45, 7) is 4.78. The summed E-state index contributed by atoms with van der Waals surface area (Å²) < 4.78 is 10.5. The third kappa shape index (κ3) is 4.05. The molecule has 0 aromatic carbocycles. The zero-order valence-electron chi connectivity index (χ0n) is 12.2. The monoisotopic (exact) mass is 296 g/mol. The molecule has 2 rings (SSSR count). The molecular formula is C14H20N2O5. The van der Waals surface area contributed by atoms with E-state index in [2.05, 4.69) is 5.32 Å². The van der Waals surface area contributed by atoms with Crippen molar-refractivity contribution in [3.8, 4) is 0 Å². The van der Waals surface area contributed by atoms with Crippen LogP contribution in [-0.2, 0) is 20.9 Å². The molecular weight excluding hydrogens is 276 g/mol. The molecule has 116 valence electrons. The van der Waals surface area contributed by atoms with Crippen molar-refractivity contribution in [2.24, 2.45) is 0 Å². The van der Waals surface area contributed by atoms with E-state index in [9.17, 15) is 9.59 Å². The molecule has 1 saturated heterocycles. The third-order valence-corrected chi connectivity index (χ3v) is 3.56. The van der Waals surface area contributed by atoms with E-state index in [0.29, 0.717) is 25.4 Å². The highest BCUT2D eigenvalue weighted by atomic mass is 16.5. The number of ether oxygens (including phenoxy) is 1. The molecule has 21 heavy (non-hydrogen) atoms. The van der Waals surface area contributed by atoms with Crippen LogP contribution >= 0.6 is 0 Å². The van der Waals surface area contributed by atoms with Crippen LogP contribution < -0.4 is 5.32 Å². The maximum absolute atomic E-state index is 12.0. The van der Waals surface area contributed by atoms with Crippen LogP contribution in [0.15, 0.2) is 22.8 Å². The van der Waals surface area contributed by atoms with Crippen LogP contribution in [0.4, 0.5) is 0 Å². The molecule has 0 saturated carbocycles. The largest absolute Gasteiger partial charge is 0.480 e. The first kappa shape index (κ1) is 15.5. The van der Waals surface area contributed by atoms with Crippen LogP contribution in [-0.4, -0.2) is 53.2 Å². The Kier molecular flexibility index (Phi) is 4.64. The van der Waals surface area contributed by atoms with Gasteiger partial charge in [0, 0.05) is 13.1 Å². The fourth-order valence-corrected chi connectivity index (χ4v) is 2.31. The molecule has 0 radical (unpaired) electrons. The molecule has 0 aliphatic carbocycles. The Bertz CT molecular complexity index is 493. The van der Waals surface area contributed by atoms with E-state index < -0.39 is 11.6 Å². The van der Waals surface area contributed by atoms with Crippen molar-refractivity contribution < 1.29 is 23.8 Å². The third-order valence-electron chi connectivity index (χ3n) is 3.56. The molecule has 1 aromatic heterocycles. The van der Waals surface area contributed by atoms with Gasteiger partial charge in [-0.15, -0.1) is 0 Å². The van der Waals surface area contributed by atoms with Gasteiger partial charge in [-0.25, -0.2) is 4.79 Å². The Hall–Kier alpha value is -1.86. The van der Waals surface area contributed by atoms with Gasteiger partial charge in [0.15, 0.2) is 0 Å². The fourth-order valence-electron chi connectivity index (χ4n) is 2.31. The SMILES string of the molecule is CC(C(=O)NCc1ccco1)N1CC(C)(OCC(=O)O)C1. The number of amides is 1. The number of nitrogens with one attached hydrogen (secondary N) is 1. The Labute approximate surface area is 122 Å². The van der Waals surface area contributed by atoms with Crippen LogP contribution in [0.25, 0.3) is 0 Å². The quantitative estimate of drug-likeness (QED) is 0.759. The van der Waals surface area contributed by atoms with Gasteiger partial charge in [0.25, 0.3) is 0 Å². The van der Waals surface area contributed by atoms with E-state index >= 15 is 0 Å². The van der Waals surface area contributed by atoms with Gasteiger partial charge in [-0.3, -0.25) is 9.69 Å². The summed E-state index contributed by atoms with van der Waals surface area (Å²) in [4.78, 5) is 24.5. The van der Waals surface area contributed by atoms with Crippen LogP contribution in [0.5, 0.6) is 0 Å². The van der Waals surface area contributed by atoms with Gasteiger partial charge >= 0.3 is 5.97 Å². The van der Waals surface area contributed by atoms with E-state index in [0.717, 1.165) is 0 Å². The molecule has 7 heteroatoms. The highest BCUT2D eigenvalue weighted by Gasteiger charge is 2.43. The van der Waals surface area contributed by atoms with Gasteiger partial charge in [-0.1, -0.05) is 0 Å². The highest BCUT2D eigenvalue weighted by molar-refractivity contribution is 5.81. The average Bonchev–Trinajstić information content (AvgIpc) is 2.91. The number of rotatable bonds is 7. The van der Waals surface area contributed by atoms with Crippen LogP contribution in [0.2, 0.25) is 0 Å². The minimum absolute atomic E-state index is 0.0910. The topological polar surface area (TPSA) is 92.0 Å². The second kappa shape index (κ2) is 6.28. The Morgan fingerprint density at radius 1 is 1.57 bits per heavy atom. The van der Waals surface area contributed by atoms with E-state index in [1.807, 2.05) is 18.7 Å². The molecule has 1 fully saturated rings. The van der Waals surface area contributed by atoms with Crippen molar-refractivity contribution in [2.75, 3.05) is 19.7 Å². The lowest BCUT2D eigenvalue weighted by Crippen LogP contribution is -2.66. The molecule has 1 amide bonds. The number of carboxylic acids is 1. The molecule has 7 nitrogen and oxygen atoms in total. The van der Waals surface area contributed by atoms with Gasteiger partial charge in [-0.2, -0.15) is 0 Å². The zero-order chi connectivity index (χ0) is 15.5. The van der Waals surface area contributed by atoms with E-state index in [-0.39, 0.29) is 18.6 Å². The number of likely N-dealkylation sites (tertiary alicyclic amines) is 1. The van der Waals surface area contributed by atoms with Gasteiger partial charge < -0.3 is 19.6 Å². The normalized spacial score (nSPS) is 18.8. The number of carbonyl (C=O) groups excluding carboxylic acids is 1. The Morgan fingerprint density at radius 2 is 2.29 bits per heavy atom. The van der Waals surface area contributed by atoms with E-state index in [4.69, 9.17) is 14.3 Å². The Balaban J connectivity index is 1.73. The first-order valence-electron chi connectivity index (χ1n) is 6.79. The number of carboxylic acid groups (broad SMARTS) is 1. The molecule has 1 aromatic rings.